The first-order valence-corrected chi connectivity index (χ1v) is 8.97. The molecule has 0 bridgehead atoms. The van der Waals surface area contributed by atoms with E-state index in [1.807, 2.05) is 11.8 Å². The van der Waals surface area contributed by atoms with Gasteiger partial charge >= 0.3 is 0 Å². The maximum absolute atomic E-state index is 3.58. The monoisotopic (exact) mass is 383 g/mol. The lowest BCUT2D eigenvalue weighted by atomic mass is 9.84. The number of hydrogen-bond acceptors (Lipinski definition) is 3. The van der Waals surface area contributed by atoms with Crippen LogP contribution in [0, 0.1) is 0 Å². The number of thioether (sulfide) groups is 1. The second-order valence-corrected chi connectivity index (χ2v) is 8.76. The van der Waals surface area contributed by atoms with Crippen LogP contribution in [0.25, 0.3) is 0 Å². The van der Waals surface area contributed by atoms with E-state index in [9.17, 15) is 0 Å². The minimum atomic E-state index is 0.533. The summed E-state index contributed by atoms with van der Waals surface area (Å²) in [5.41, 5.74) is 0. The Morgan fingerprint density at radius 1 is 1.50 bits per heavy atom. The van der Waals surface area contributed by atoms with E-state index in [1.54, 1.807) is 11.3 Å². The van der Waals surface area contributed by atoms with Crippen LogP contribution in [-0.2, 0) is 6.54 Å². The molecule has 0 saturated heterocycles. The topological polar surface area (TPSA) is 12.0 Å². The Labute approximate surface area is 122 Å². The summed E-state index contributed by atoms with van der Waals surface area (Å²) in [6.45, 7) is 2.12. The van der Waals surface area contributed by atoms with Crippen LogP contribution in [0.15, 0.2) is 14.3 Å². The number of nitrogens with one attached hydrogen (secondary N) is 1. The summed E-state index contributed by atoms with van der Waals surface area (Å²) in [5.74, 6) is 0. The zero-order valence-corrected chi connectivity index (χ0v) is 14.0. The minimum Gasteiger partial charge on any atom is -0.310 e. The van der Waals surface area contributed by atoms with Crippen molar-refractivity contribution in [1.82, 2.24) is 5.32 Å². The molecule has 1 aromatic heterocycles. The average Bonchev–Trinajstić information content (AvgIpc) is 2.51. The van der Waals surface area contributed by atoms with Crippen molar-refractivity contribution in [3.05, 3.63) is 19.2 Å². The lowest BCUT2D eigenvalue weighted by Gasteiger charge is -2.40. The van der Waals surface area contributed by atoms with Crippen LogP contribution in [0.3, 0.4) is 0 Å². The molecular weight excluding hydrogens is 370 g/mol. The van der Waals surface area contributed by atoms with E-state index >= 15 is 0 Å². The molecule has 1 nitrogen and oxygen atoms in total. The Kier molecular flexibility index (Phi) is 4.81. The highest BCUT2D eigenvalue weighted by molar-refractivity contribution is 9.13. The number of halogens is 2. The summed E-state index contributed by atoms with van der Waals surface area (Å²) in [5, 5.41) is 3.58. The van der Waals surface area contributed by atoms with Crippen molar-refractivity contribution in [3.63, 3.8) is 0 Å². The van der Waals surface area contributed by atoms with Gasteiger partial charge in [-0.1, -0.05) is 6.42 Å². The van der Waals surface area contributed by atoms with E-state index in [0.717, 1.165) is 17.6 Å². The van der Waals surface area contributed by atoms with Crippen LogP contribution in [-0.4, -0.2) is 17.5 Å². The predicted molar refractivity (Wildman–Crippen MR) is 81.5 cm³/mol. The SMILES string of the molecule is CSC1(CNCc2cc(Br)c(Br)s2)CCC1. The van der Waals surface area contributed by atoms with Crippen molar-refractivity contribution in [2.24, 2.45) is 0 Å². The maximum atomic E-state index is 3.58. The van der Waals surface area contributed by atoms with E-state index in [1.165, 1.54) is 27.9 Å². The van der Waals surface area contributed by atoms with Crippen LogP contribution in [0.1, 0.15) is 24.1 Å². The zero-order chi connectivity index (χ0) is 11.6. The minimum absolute atomic E-state index is 0.533. The molecule has 2 rings (SSSR count). The van der Waals surface area contributed by atoms with E-state index < -0.39 is 0 Å². The third kappa shape index (κ3) is 3.05. The Balaban J connectivity index is 1.79. The Hall–Kier alpha value is 0.970. The molecule has 1 aliphatic carbocycles. The van der Waals surface area contributed by atoms with Gasteiger partial charge in [-0.25, -0.2) is 0 Å². The molecule has 0 atom stereocenters. The molecule has 0 radical (unpaired) electrons. The molecule has 5 heteroatoms. The van der Waals surface area contributed by atoms with E-state index in [-0.39, 0.29) is 0 Å². The molecule has 1 N–H and O–H groups in total. The molecule has 0 aliphatic heterocycles. The normalized spacial score (nSPS) is 18.4. The van der Waals surface area contributed by atoms with Gasteiger partial charge in [0.05, 0.1) is 3.79 Å². The Morgan fingerprint density at radius 2 is 2.25 bits per heavy atom. The van der Waals surface area contributed by atoms with Crippen LogP contribution < -0.4 is 5.32 Å². The van der Waals surface area contributed by atoms with Gasteiger partial charge < -0.3 is 5.32 Å². The fourth-order valence-electron chi connectivity index (χ4n) is 1.92. The molecule has 16 heavy (non-hydrogen) atoms. The summed E-state index contributed by atoms with van der Waals surface area (Å²) >= 11 is 10.9. The van der Waals surface area contributed by atoms with Crippen molar-refractivity contribution in [1.29, 1.82) is 0 Å². The highest BCUT2D eigenvalue weighted by Gasteiger charge is 2.35. The van der Waals surface area contributed by atoms with Gasteiger partial charge in [0.2, 0.25) is 0 Å². The first kappa shape index (κ1) is 13.4. The number of hydrogen-bond donors (Lipinski definition) is 1. The molecule has 0 unspecified atom stereocenters. The van der Waals surface area contributed by atoms with Gasteiger partial charge in [-0.2, -0.15) is 11.8 Å². The molecule has 1 fully saturated rings. The van der Waals surface area contributed by atoms with Crippen LogP contribution in [0.2, 0.25) is 0 Å². The molecule has 1 heterocycles. The van der Waals surface area contributed by atoms with Crippen molar-refractivity contribution in [2.45, 2.75) is 30.6 Å². The molecule has 1 aromatic rings. The quantitative estimate of drug-likeness (QED) is 0.792. The molecule has 90 valence electrons. The highest BCUT2D eigenvalue weighted by Crippen LogP contribution is 2.42. The Morgan fingerprint density at radius 3 is 2.69 bits per heavy atom. The second kappa shape index (κ2) is 5.74. The molecule has 0 spiro atoms. The highest BCUT2D eigenvalue weighted by atomic mass is 79.9. The lowest BCUT2D eigenvalue weighted by Crippen LogP contribution is -2.43. The number of thiophene rings is 1. The van der Waals surface area contributed by atoms with E-state index in [0.29, 0.717) is 4.75 Å². The fraction of sp³-hybridized carbons (Fsp3) is 0.636. The average molecular weight is 385 g/mol. The van der Waals surface area contributed by atoms with Crippen molar-refractivity contribution < 1.29 is 0 Å². The summed E-state index contributed by atoms with van der Waals surface area (Å²) in [4.78, 5) is 1.38. The molecule has 0 aromatic carbocycles. The van der Waals surface area contributed by atoms with Gasteiger partial charge in [0.1, 0.15) is 0 Å². The van der Waals surface area contributed by atoms with E-state index in [4.69, 9.17) is 0 Å². The standard InChI is InChI=1S/C11H15Br2NS2/c1-15-11(3-2-4-11)7-14-6-8-5-9(12)10(13)16-8/h5,14H,2-4,6-7H2,1H3. The fourth-order valence-corrected chi connectivity index (χ4v) is 5.01. The molecule has 1 saturated carbocycles. The molecule has 1 aliphatic rings. The largest absolute Gasteiger partial charge is 0.310 e. The van der Waals surface area contributed by atoms with Crippen LogP contribution in [0.4, 0.5) is 0 Å². The van der Waals surface area contributed by atoms with Crippen molar-refractivity contribution in [2.75, 3.05) is 12.8 Å². The summed E-state index contributed by atoms with van der Waals surface area (Å²) in [6.07, 6.45) is 6.38. The second-order valence-electron chi connectivity index (χ2n) is 4.18. The molecule has 0 amide bonds. The smallest absolute Gasteiger partial charge is 0.0843 e. The summed E-state index contributed by atoms with van der Waals surface area (Å²) in [7, 11) is 0. The third-order valence-electron chi connectivity index (χ3n) is 3.14. The number of rotatable bonds is 5. The third-order valence-corrected chi connectivity index (χ3v) is 7.82. The molecular formula is C11H15Br2NS2. The van der Waals surface area contributed by atoms with Gasteiger partial charge in [0.25, 0.3) is 0 Å². The first-order valence-electron chi connectivity index (χ1n) is 5.35. The summed E-state index contributed by atoms with van der Waals surface area (Å²) in [6, 6.07) is 2.19. The van der Waals surface area contributed by atoms with Gasteiger partial charge in [-0.15, -0.1) is 11.3 Å². The summed E-state index contributed by atoms with van der Waals surface area (Å²) < 4.78 is 2.89. The van der Waals surface area contributed by atoms with Crippen LogP contribution >= 0.6 is 55.0 Å². The Bertz CT molecular complexity index is 336. The van der Waals surface area contributed by atoms with Crippen molar-refractivity contribution in [3.8, 4) is 0 Å². The van der Waals surface area contributed by atoms with E-state index in [2.05, 4.69) is 49.5 Å². The maximum Gasteiger partial charge on any atom is 0.0843 e. The lowest BCUT2D eigenvalue weighted by molar-refractivity contribution is 0.346. The van der Waals surface area contributed by atoms with Gasteiger partial charge in [0, 0.05) is 27.2 Å². The zero-order valence-electron chi connectivity index (χ0n) is 9.19. The first-order chi connectivity index (χ1) is 7.65. The van der Waals surface area contributed by atoms with Gasteiger partial charge in [0.15, 0.2) is 0 Å². The van der Waals surface area contributed by atoms with Crippen molar-refractivity contribution >= 4 is 55.0 Å². The van der Waals surface area contributed by atoms with Gasteiger partial charge in [-0.05, 0) is 57.0 Å². The van der Waals surface area contributed by atoms with Crippen LogP contribution in [0.5, 0.6) is 0 Å². The predicted octanol–water partition coefficient (Wildman–Crippen LogP) is 4.65. The van der Waals surface area contributed by atoms with Gasteiger partial charge in [-0.3, -0.25) is 0 Å².